The zero-order valence-electron chi connectivity index (χ0n) is 16.3. The molecule has 0 spiro atoms. The van der Waals surface area contributed by atoms with Gasteiger partial charge in [0.25, 0.3) is 5.91 Å². The standard InChI is InChI=1S/C23H21N5O2/c24-22(30)23-27-19-14-18(26-15-21(29)16-6-2-1-3-7-16)9-10-20(19)28(23)13-11-17-8-4-5-12-25-17/h1-10,12,14,26H,11,13,15H2,(H2,24,30). The second-order valence-electron chi connectivity index (χ2n) is 6.87. The summed E-state index contributed by atoms with van der Waals surface area (Å²) in [5.41, 5.74) is 9.32. The molecule has 0 fully saturated rings. The van der Waals surface area contributed by atoms with E-state index >= 15 is 0 Å². The first-order valence-corrected chi connectivity index (χ1v) is 9.64. The summed E-state index contributed by atoms with van der Waals surface area (Å²) >= 11 is 0. The number of carbonyl (C=O) groups is 2. The number of aromatic nitrogens is 3. The van der Waals surface area contributed by atoms with E-state index in [-0.39, 0.29) is 18.2 Å². The van der Waals surface area contributed by atoms with Gasteiger partial charge in [0.1, 0.15) is 0 Å². The number of benzene rings is 2. The molecular weight excluding hydrogens is 378 g/mol. The Morgan fingerprint density at radius 1 is 1.00 bits per heavy atom. The molecule has 4 aromatic rings. The predicted molar refractivity (Wildman–Crippen MR) is 115 cm³/mol. The lowest BCUT2D eigenvalue weighted by Gasteiger charge is -2.08. The Morgan fingerprint density at radius 2 is 1.80 bits per heavy atom. The van der Waals surface area contributed by atoms with Gasteiger partial charge < -0.3 is 15.6 Å². The summed E-state index contributed by atoms with van der Waals surface area (Å²) in [4.78, 5) is 33.0. The van der Waals surface area contributed by atoms with E-state index < -0.39 is 5.91 Å². The van der Waals surface area contributed by atoms with Crippen molar-refractivity contribution in [2.75, 3.05) is 11.9 Å². The molecule has 4 rings (SSSR count). The first-order chi connectivity index (χ1) is 14.6. The molecule has 0 aliphatic carbocycles. The maximum absolute atomic E-state index is 12.3. The highest BCUT2D eigenvalue weighted by molar-refractivity contribution is 5.99. The van der Waals surface area contributed by atoms with Crippen molar-refractivity contribution in [2.24, 2.45) is 5.73 Å². The van der Waals surface area contributed by atoms with Crippen LogP contribution in [0.1, 0.15) is 26.7 Å². The molecule has 2 aromatic heterocycles. The largest absolute Gasteiger partial charge is 0.378 e. The highest BCUT2D eigenvalue weighted by Gasteiger charge is 2.16. The lowest BCUT2D eigenvalue weighted by Crippen LogP contribution is -2.19. The monoisotopic (exact) mass is 399 g/mol. The van der Waals surface area contributed by atoms with Crippen molar-refractivity contribution >= 4 is 28.4 Å². The number of carbonyl (C=O) groups excluding carboxylic acids is 2. The smallest absolute Gasteiger partial charge is 0.284 e. The molecule has 7 nitrogen and oxygen atoms in total. The van der Waals surface area contributed by atoms with Crippen LogP contribution in [0.2, 0.25) is 0 Å². The Morgan fingerprint density at radius 3 is 2.53 bits per heavy atom. The number of imidazole rings is 1. The van der Waals surface area contributed by atoms with Gasteiger partial charge in [-0.2, -0.15) is 0 Å². The molecule has 1 amide bonds. The summed E-state index contributed by atoms with van der Waals surface area (Å²) < 4.78 is 1.81. The summed E-state index contributed by atoms with van der Waals surface area (Å²) in [6, 6.07) is 20.4. The topological polar surface area (TPSA) is 103 Å². The number of Topliss-reactive ketones (excluding diaryl/α,β-unsaturated/α-hetero) is 1. The van der Waals surface area contributed by atoms with E-state index in [1.807, 2.05) is 59.2 Å². The molecule has 0 saturated heterocycles. The Balaban J connectivity index is 1.54. The maximum Gasteiger partial charge on any atom is 0.284 e. The van der Waals surface area contributed by atoms with Crippen LogP contribution in [0.25, 0.3) is 11.0 Å². The van der Waals surface area contributed by atoms with Gasteiger partial charge in [0.15, 0.2) is 11.6 Å². The van der Waals surface area contributed by atoms with E-state index in [4.69, 9.17) is 5.73 Å². The fourth-order valence-electron chi connectivity index (χ4n) is 3.34. The molecule has 2 aromatic carbocycles. The van der Waals surface area contributed by atoms with Gasteiger partial charge in [-0.1, -0.05) is 36.4 Å². The fraction of sp³-hybridized carbons (Fsp3) is 0.130. The number of rotatable bonds is 8. The lowest BCUT2D eigenvalue weighted by atomic mass is 10.1. The van der Waals surface area contributed by atoms with E-state index in [9.17, 15) is 9.59 Å². The van der Waals surface area contributed by atoms with E-state index in [1.165, 1.54) is 0 Å². The molecule has 0 aliphatic rings. The molecule has 0 bridgehead atoms. The average molecular weight is 399 g/mol. The van der Waals surface area contributed by atoms with Crippen molar-refractivity contribution in [1.29, 1.82) is 0 Å². The van der Waals surface area contributed by atoms with Crippen LogP contribution in [0.15, 0.2) is 72.9 Å². The van der Waals surface area contributed by atoms with Gasteiger partial charge in [-0.15, -0.1) is 0 Å². The second kappa shape index (κ2) is 8.57. The average Bonchev–Trinajstić information content (AvgIpc) is 3.15. The molecular formula is C23H21N5O2. The molecule has 0 saturated carbocycles. The zero-order valence-corrected chi connectivity index (χ0v) is 16.3. The third kappa shape index (κ3) is 4.20. The van der Waals surface area contributed by atoms with E-state index in [0.29, 0.717) is 24.0 Å². The minimum absolute atomic E-state index is 0.00517. The van der Waals surface area contributed by atoms with Crippen LogP contribution in [0.4, 0.5) is 5.69 Å². The van der Waals surface area contributed by atoms with Crippen LogP contribution >= 0.6 is 0 Å². The highest BCUT2D eigenvalue weighted by atomic mass is 16.1. The van der Waals surface area contributed by atoms with Crippen molar-refractivity contribution in [3.63, 3.8) is 0 Å². The number of fused-ring (bicyclic) bond motifs is 1. The van der Waals surface area contributed by atoms with Crippen molar-refractivity contribution in [2.45, 2.75) is 13.0 Å². The summed E-state index contributed by atoms with van der Waals surface area (Å²) in [5.74, 6) is -0.381. The van der Waals surface area contributed by atoms with E-state index in [2.05, 4.69) is 15.3 Å². The Kier molecular flexibility index (Phi) is 5.52. The number of aryl methyl sites for hydroxylation is 2. The van der Waals surface area contributed by atoms with E-state index in [1.54, 1.807) is 18.3 Å². The SMILES string of the molecule is NC(=O)c1nc2cc(NCC(=O)c3ccccc3)ccc2n1CCc1ccccn1. The molecule has 3 N–H and O–H groups in total. The van der Waals surface area contributed by atoms with Crippen molar-refractivity contribution in [3.8, 4) is 0 Å². The van der Waals surface area contributed by atoms with Gasteiger partial charge in [-0.3, -0.25) is 14.6 Å². The third-order valence-corrected chi connectivity index (χ3v) is 4.84. The Labute approximate surface area is 173 Å². The lowest BCUT2D eigenvalue weighted by molar-refractivity contribution is 0.0984. The van der Waals surface area contributed by atoms with Crippen LogP contribution in [0, 0.1) is 0 Å². The van der Waals surface area contributed by atoms with E-state index in [0.717, 1.165) is 16.9 Å². The maximum atomic E-state index is 12.3. The third-order valence-electron chi connectivity index (χ3n) is 4.84. The fourth-order valence-corrected chi connectivity index (χ4v) is 3.34. The number of ketones is 1. The summed E-state index contributed by atoms with van der Waals surface area (Å²) in [6.07, 6.45) is 2.39. The number of amides is 1. The minimum Gasteiger partial charge on any atom is -0.378 e. The number of anilines is 1. The van der Waals surface area contributed by atoms with Crippen LogP contribution in [-0.4, -0.2) is 32.8 Å². The molecule has 150 valence electrons. The molecule has 2 heterocycles. The highest BCUT2D eigenvalue weighted by Crippen LogP contribution is 2.21. The normalized spacial score (nSPS) is 10.8. The Hall–Kier alpha value is -4.00. The molecule has 7 heteroatoms. The quantitative estimate of drug-likeness (QED) is 0.443. The first kappa shape index (κ1) is 19.3. The van der Waals surface area contributed by atoms with Gasteiger partial charge in [-0.25, -0.2) is 4.98 Å². The number of nitrogens with two attached hydrogens (primary N) is 1. The number of nitrogens with zero attached hydrogens (tertiary/aromatic N) is 3. The van der Waals surface area contributed by atoms with Crippen molar-refractivity contribution in [1.82, 2.24) is 14.5 Å². The van der Waals surface area contributed by atoms with Gasteiger partial charge in [0, 0.05) is 36.1 Å². The van der Waals surface area contributed by atoms with Crippen LogP contribution in [-0.2, 0) is 13.0 Å². The van der Waals surface area contributed by atoms with Crippen molar-refractivity contribution in [3.05, 3.63) is 90.0 Å². The summed E-state index contributed by atoms with van der Waals surface area (Å²) in [5, 5.41) is 3.13. The summed E-state index contributed by atoms with van der Waals surface area (Å²) in [6.45, 7) is 0.698. The molecule has 0 radical (unpaired) electrons. The number of pyridine rings is 1. The Bertz CT molecular complexity index is 1190. The number of primary amides is 1. The molecule has 0 unspecified atom stereocenters. The second-order valence-corrected chi connectivity index (χ2v) is 6.87. The van der Waals surface area contributed by atoms with Crippen LogP contribution in [0.3, 0.4) is 0 Å². The number of nitrogens with one attached hydrogen (secondary N) is 1. The molecule has 0 aliphatic heterocycles. The minimum atomic E-state index is -0.582. The zero-order chi connectivity index (χ0) is 20.9. The predicted octanol–water partition coefficient (Wildman–Crippen LogP) is 3.07. The van der Waals surface area contributed by atoms with Gasteiger partial charge in [0.2, 0.25) is 0 Å². The van der Waals surface area contributed by atoms with Gasteiger partial charge in [-0.05, 0) is 30.3 Å². The number of hydrogen-bond acceptors (Lipinski definition) is 5. The van der Waals surface area contributed by atoms with Gasteiger partial charge in [0.05, 0.1) is 17.6 Å². The van der Waals surface area contributed by atoms with Crippen LogP contribution < -0.4 is 11.1 Å². The molecule has 0 atom stereocenters. The van der Waals surface area contributed by atoms with Gasteiger partial charge >= 0.3 is 0 Å². The first-order valence-electron chi connectivity index (χ1n) is 9.64. The summed E-state index contributed by atoms with van der Waals surface area (Å²) in [7, 11) is 0. The number of hydrogen-bond donors (Lipinski definition) is 2. The van der Waals surface area contributed by atoms with Crippen LogP contribution in [0.5, 0.6) is 0 Å². The van der Waals surface area contributed by atoms with Crippen molar-refractivity contribution < 1.29 is 9.59 Å². The molecule has 30 heavy (non-hydrogen) atoms.